The second-order valence-corrected chi connectivity index (χ2v) is 8.42. The molecule has 168 valence electrons. The molecule has 7 heteroatoms. The maximum atomic E-state index is 5.79. The Kier molecular flexibility index (Phi) is 8.12. The van der Waals surface area contributed by atoms with Crippen LogP contribution in [0, 0.1) is 0 Å². The molecule has 3 rings (SSSR count). The third-order valence-corrected chi connectivity index (χ3v) is 5.66. The molecule has 0 radical (unpaired) electrons. The Morgan fingerprint density at radius 1 is 1.03 bits per heavy atom. The summed E-state index contributed by atoms with van der Waals surface area (Å²) in [5.41, 5.74) is 1.15. The topological polar surface area (TPSA) is 71.0 Å². The first-order valence-corrected chi connectivity index (χ1v) is 11.0. The van der Waals surface area contributed by atoms with Crippen molar-refractivity contribution in [2.24, 2.45) is 4.99 Å². The zero-order valence-electron chi connectivity index (χ0n) is 19.1. The van der Waals surface area contributed by atoms with E-state index in [1.54, 1.807) is 14.2 Å². The summed E-state index contributed by atoms with van der Waals surface area (Å²) >= 11 is 0. The van der Waals surface area contributed by atoms with Crippen molar-refractivity contribution in [1.29, 1.82) is 0 Å². The van der Waals surface area contributed by atoms with Gasteiger partial charge in [0.25, 0.3) is 0 Å². The number of hydrogen-bond acceptors (Lipinski definition) is 5. The lowest BCUT2D eigenvalue weighted by atomic mass is 9.98. The quantitative estimate of drug-likeness (QED) is 0.495. The standard InChI is InChI=1S/C24H35N5O2/c1-24(2,29-14-6-5-7-15-29)18-28-23(25-3)27-17-19-8-13-22(26-16-19)31-21-11-9-20(30-4)10-12-21/h8-13,16H,5-7,14-15,17-18H2,1-4H3,(H2,25,27,28). The third kappa shape index (κ3) is 6.85. The van der Waals surface area contributed by atoms with Crippen LogP contribution in [0.4, 0.5) is 0 Å². The van der Waals surface area contributed by atoms with Gasteiger partial charge in [-0.25, -0.2) is 4.98 Å². The summed E-state index contributed by atoms with van der Waals surface area (Å²) in [6.07, 6.45) is 5.75. The Bertz CT molecular complexity index is 828. The molecule has 2 N–H and O–H groups in total. The Balaban J connectivity index is 1.46. The first kappa shape index (κ1) is 22.9. The molecule has 1 saturated heterocycles. The molecule has 0 bridgehead atoms. The predicted octanol–water partition coefficient (Wildman–Crippen LogP) is 3.81. The van der Waals surface area contributed by atoms with Gasteiger partial charge in [0, 0.05) is 37.9 Å². The van der Waals surface area contributed by atoms with Gasteiger partial charge in [0.05, 0.1) is 7.11 Å². The van der Waals surface area contributed by atoms with Gasteiger partial charge in [0.2, 0.25) is 5.88 Å². The molecule has 1 aliphatic rings. The molecule has 31 heavy (non-hydrogen) atoms. The lowest BCUT2D eigenvalue weighted by molar-refractivity contribution is 0.0982. The van der Waals surface area contributed by atoms with Crippen molar-refractivity contribution in [3.63, 3.8) is 0 Å². The maximum Gasteiger partial charge on any atom is 0.219 e. The second-order valence-electron chi connectivity index (χ2n) is 8.42. The molecule has 0 saturated carbocycles. The van der Waals surface area contributed by atoms with E-state index >= 15 is 0 Å². The highest BCUT2D eigenvalue weighted by Gasteiger charge is 2.27. The van der Waals surface area contributed by atoms with Gasteiger partial charge in [-0.05, 0) is 69.6 Å². The van der Waals surface area contributed by atoms with Gasteiger partial charge < -0.3 is 20.1 Å². The minimum absolute atomic E-state index is 0.0973. The van der Waals surface area contributed by atoms with Crippen LogP contribution in [-0.2, 0) is 6.54 Å². The number of methoxy groups -OCH3 is 1. The number of aromatic nitrogens is 1. The van der Waals surface area contributed by atoms with Crippen molar-refractivity contribution < 1.29 is 9.47 Å². The monoisotopic (exact) mass is 425 g/mol. The van der Waals surface area contributed by atoms with E-state index < -0.39 is 0 Å². The zero-order chi connectivity index (χ0) is 22.1. The van der Waals surface area contributed by atoms with E-state index in [2.05, 4.69) is 39.4 Å². The molecule has 1 aliphatic heterocycles. The third-order valence-electron chi connectivity index (χ3n) is 5.66. The van der Waals surface area contributed by atoms with Crippen molar-refractivity contribution in [3.8, 4) is 17.4 Å². The number of guanidine groups is 1. The van der Waals surface area contributed by atoms with E-state index in [0.29, 0.717) is 12.4 Å². The van der Waals surface area contributed by atoms with E-state index in [0.717, 1.165) is 29.6 Å². The van der Waals surface area contributed by atoms with Crippen LogP contribution in [0.15, 0.2) is 47.6 Å². The highest BCUT2D eigenvalue weighted by molar-refractivity contribution is 5.79. The van der Waals surface area contributed by atoms with Crippen molar-refractivity contribution in [2.45, 2.75) is 45.2 Å². The summed E-state index contributed by atoms with van der Waals surface area (Å²) < 4.78 is 10.9. The predicted molar refractivity (Wildman–Crippen MR) is 125 cm³/mol. The van der Waals surface area contributed by atoms with Crippen LogP contribution in [0.3, 0.4) is 0 Å². The minimum Gasteiger partial charge on any atom is -0.497 e. The lowest BCUT2D eigenvalue weighted by Crippen LogP contribution is -2.54. The number of likely N-dealkylation sites (tertiary alicyclic amines) is 1. The normalized spacial score (nSPS) is 15.4. The molecule has 0 aliphatic carbocycles. The van der Waals surface area contributed by atoms with Crippen molar-refractivity contribution in [3.05, 3.63) is 48.2 Å². The number of hydrogen-bond donors (Lipinski definition) is 2. The van der Waals surface area contributed by atoms with E-state index in [9.17, 15) is 0 Å². The summed E-state index contributed by atoms with van der Waals surface area (Å²) in [7, 11) is 3.44. The number of nitrogens with one attached hydrogen (secondary N) is 2. The molecule has 1 aromatic carbocycles. The van der Waals surface area contributed by atoms with E-state index in [-0.39, 0.29) is 5.54 Å². The SMILES string of the molecule is CN=C(NCc1ccc(Oc2ccc(OC)cc2)nc1)NCC(C)(C)N1CCCCC1. The minimum atomic E-state index is 0.0973. The Labute approximate surface area is 185 Å². The molecular weight excluding hydrogens is 390 g/mol. The fraction of sp³-hybridized carbons (Fsp3) is 0.500. The van der Waals surface area contributed by atoms with Crippen molar-refractivity contribution in [1.82, 2.24) is 20.5 Å². The van der Waals surface area contributed by atoms with Crippen LogP contribution >= 0.6 is 0 Å². The van der Waals surface area contributed by atoms with Crippen LogP contribution in [0.2, 0.25) is 0 Å². The first-order chi connectivity index (χ1) is 15.0. The van der Waals surface area contributed by atoms with E-state index in [1.165, 1.54) is 32.4 Å². The molecule has 2 aromatic rings. The van der Waals surface area contributed by atoms with Gasteiger partial charge in [-0.1, -0.05) is 12.5 Å². The summed E-state index contributed by atoms with van der Waals surface area (Å²) in [5.74, 6) is 2.87. The van der Waals surface area contributed by atoms with Gasteiger partial charge in [-0.15, -0.1) is 0 Å². The van der Waals surface area contributed by atoms with Gasteiger partial charge in [0.15, 0.2) is 5.96 Å². The van der Waals surface area contributed by atoms with Crippen LogP contribution in [0.1, 0.15) is 38.7 Å². The smallest absolute Gasteiger partial charge is 0.219 e. The van der Waals surface area contributed by atoms with Crippen LogP contribution in [0.5, 0.6) is 17.4 Å². The molecule has 1 aromatic heterocycles. The fourth-order valence-electron chi connectivity index (χ4n) is 3.66. The summed E-state index contributed by atoms with van der Waals surface area (Å²) in [6.45, 7) is 8.43. The van der Waals surface area contributed by atoms with Crippen molar-refractivity contribution in [2.75, 3.05) is 33.8 Å². The summed E-state index contributed by atoms with van der Waals surface area (Å²) in [4.78, 5) is 11.3. The van der Waals surface area contributed by atoms with Crippen molar-refractivity contribution >= 4 is 5.96 Å². The second kappa shape index (κ2) is 11.0. The molecule has 7 nitrogen and oxygen atoms in total. The highest BCUT2D eigenvalue weighted by atomic mass is 16.5. The molecule has 0 atom stereocenters. The summed E-state index contributed by atoms with van der Waals surface area (Å²) in [5, 5.41) is 6.84. The average Bonchev–Trinajstić information content (AvgIpc) is 2.81. The number of piperidine rings is 1. The molecular formula is C24H35N5O2. The van der Waals surface area contributed by atoms with Crippen LogP contribution < -0.4 is 20.1 Å². The zero-order valence-corrected chi connectivity index (χ0v) is 19.1. The molecule has 2 heterocycles. The van der Waals surface area contributed by atoms with Gasteiger partial charge in [0.1, 0.15) is 11.5 Å². The Morgan fingerprint density at radius 3 is 2.35 bits per heavy atom. The largest absolute Gasteiger partial charge is 0.497 e. The summed E-state index contributed by atoms with van der Waals surface area (Å²) in [6, 6.07) is 11.3. The molecule has 0 spiro atoms. The number of ether oxygens (including phenoxy) is 2. The van der Waals surface area contributed by atoms with Gasteiger partial charge >= 0.3 is 0 Å². The van der Waals surface area contributed by atoms with Crippen LogP contribution in [0.25, 0.3) is 0 Å². The Morgan fingerprint density at radius 2 is 1.74 bits per heavy atom. The van der Waals surface area contributed by atoms with Gasteiger partial charge in [-0.3, -0.25) is 9.89 Å². The first-order valence-electron chi connectivity index (χ1n) is 11.0. The lowest BCUT2D eigenvalue weighted by Gasteiger charge is -2.41. The fourth-order valence-corrected chi connectivity index (χ4v) is 3.66. The Hall–Kier alpha value is -2.80. The molecule has 0 unspecified atom stereocenters. The molecule has 1 fully saturated rings. The van der Waals surface area contributed by atoms with E-state index in [4.69, 9.17) is 9.47 Å². The number of pyridine rings is 1. The number of benzene rings is 1. The van der Waals surface area contributed by atoms with Gasteiger partial charge in [-0.2, -0.15) is 0 Å². The number of nitrogens with zero attached hydrogens (tertiary/aromatic N) is 3. The van der Waals surface area contributed by atoms with E-state index in [1.807, 2.05) is 42.6 Å². The number of aliphatic imine (C=N–C) groups is 1. The maximum absolute atomic E-state index is 5.79. The average molecular weight is 426 g/mol. The van der Waals surface area contributed by atoms with Crippen LogP contribution in [-0.4, -0.2) is 55.2 Å². The molecule has 0 amide bonds. The number of rotatable bonds is 8. The highest BCUT2D eigenvalue weighted by Crippen LogP contribution is 2.22.